The van der Waals surface area contributed by atoms with E-state index in [1.165, 1.54) is 0 Å². The third-order valence-corrected chi connectivity index (χ3v) is 3.01. The minimum absolute atomic E-state index is 0.0323. The monoisotopic (exact) mass is 248 g/mol. The van der Waals surface area contributed by atoms with Crippen molar-refractivity contribution in [1.29, 1.82) is 0 Å². The topological polar surface area (TPSA) is 81.4 Å². The van der Waals surface area contributed by atoms with Crippen LogP contribution in [0.4, 0.5) is 0 Å². The average Bonchev–Trinajstić information content (AvgIpc) is 2.77. The lowest BCUT2D eigenvalue weighted by atomic mass is 10.0. The third kappa shape index (κ3) is 3.07. The van der Waals surface area contributed by atoms with E-state index in [4.69, 9.17) is 10.5 Å². The zero-order valence-corrected chi connectivity index (χ0v) is 9.96. The van der Waals surface area contributed by atoms with Crippen LogP contribution in [0, 0.1) is 5.92 Å². The molecule has 2 atom stereocenters. The van der Waals surface area contributed by atoms with Crippen molar-refractivity contribution in [3.8, 4) is 0 Å². The van der Waals surface area contributed by atoms with Gasteiger partial charge in [0.05, 0.1) is 5.56 Å². The van der Waals surface area contributed by atoms with Gasteiger partial charge in [-0.25, -0.2) is 4.79 Å². The first-order chi connectivity index (χ1) is 8.66. The molecule has 1 saturated heterocycles. The fraction of sp³-hybridized carbons (Fsp3) is 0.385. The molecule has 0 aromatic heterocycles. The number of esters is 1. The van der Waals surface area contributed by atoms with Crippen molar-refractivity contribution in [3.05, 3.63) is 35.9 Å². The summed E-state index contributed by atoms with van der Waals surface area (Å²) in [4.78, 5) is 22.8. The van der Waals surface area contributed by atoms with Crippen molar-refractivity contribution in [2.75, 3.05) is 13.1 Å². The first-order valence-corrected chi connectivity index (χ1v) is 5.92. The number of nitrogens with one attached hydrogen (secondary N) is 1. The summed E-state index contributed by atoms with van der Waals surface area (Å²) in [6.07, 6.45) is -0.0510. The molecule has 5 nitrogen and oxygen atoms in total. The largest absolute Gasteiger partial charge is 0.457 e. The fourth-order valence-corrected chi connectivity index (χ4v) is 2.09. The number of rotatable bonds is 4. The molecule has 1 aliphatic rings. The van der Waals surface area contributed by atoms with Gasteiger partial charge < -0.3 is 15.8 Å². The second-order valence-corrected chi connectivity index (χ2v) is 4.40. The van der Waals surface area contributed by atoms with Crippen LogP contribution in [0.3, 0.4) is 0 Å². The zero-order valence-electron chi connectivity index (χ0n) is 9.96. The maximum absolute atomic E-state index is 11.9. The first kappa shape index (κ1) is 12.6. The van der Waals surface area contributed by atoms with Crippen molar-refractivity contribution in [2.45, 2.75) is 12.5 Å². The van der Waals surface area contributed by atoms with Crippen molar-refractivity contribution < 1.29 is 14.3 Å². The molecule has 1 amide bonds. The lowest BCUT2D eigenvalue weighted by molar-refractivity contribution is -0.119. The van der Waals surface area contributed by atoms with E-state index in [1.54, 1.807) is 24.3 Å². The highest BCUT2D eigenvalue weighted by Gasteiger charge is 2.31. The molecule has 1 aromatic carbocycles. The Morgan fingerprint density at radius 1 is 1.28 bits per heavy atom. The van der Waals surface area contributed by atoms with Crippen molar-refractivity contribution in [1.82, 2.24) is 5.32 Å². The standard InChI is InChI=1S/C13H16N2O3/c14-12(16)6-10-7-15-8-11(10)18-13(17)9-4-2-1-3-5-9/h1-5,10-11,15H,6-8H2,(H2,14,16)/t10-,11+/m0/s1. The van der Waals surface area contributed by atoms with E-state index in [0.717, 1.165) is 0 Å². The number of ether oxygens (including phenoxy) is 1. The van der Waals surface area contributed by atoms with E-state index in [-0.39, 0.29) is 30.3 Å². The lowest BCUT2D eigenvalue weighted by Gasteiger charge is -2.17. The lowest BCUT2D eigenvalue weighted by Crippen LogP contribution is -2.29. The van der Waals surface area contributed by atoms with E-state index in [2.05, 4.69) is 5.32 Å². The second kappa shape index (κ2) is 5.64. The summed E-state index contributed by atoms with van der Waals surface area (Å²) in [6, 6.07) is 8.81. The van der Waals surface area contributed by atoms with E-state index in [9.17, 15) is 9.59 Å². The van der Waals surface area contributed by atoms with Crippen LogP contribution in [-0.2, 0) is 9.53 Å². The van der Waals surface area contributed by atoms with Crippen molar-refractivity contribution >= 4 is 11.9 Å². The van der Waals surface area contributed by atoms with Gasteiger partial charge in [0, 0.05) is 25.4 Å². The SMILES string of the molecule is NC(=O)C[C@H]1CNC[C@H]1OC(=O)c1ccccc1. The number of carbonyl (C=O) groups is 2. The van der Waals surface area contributed by atoms with Gasteiger partial charge in [-0.2, -0.15) is 0 Å². The number of hydrogen-bond acceptors (Lipinski definition) is 4. The molecule has 18 heavy (non-hydrogen) atoms. The molecule has 0 saturated carbocycles. The van der Waals surface area contributed by atoms with Crippen LogP contribution in [0.2, 0.25) is 0 Å². The van der Waals surface area contributed by atoms with Gasteiger partial charge >= 0.3 is 5.97 Å². The van der Waals surface area contributed by atoms with Crippen LogP contribution < -0.4 is 11.1 Å². The molecule has 1 heterocycles. The Bertz CT molecular complexity index is 433. The Hall–Kier alpha value is -1.88. The van der Waals surface area contributed by atoms with Gasteiger partial charge in [-0.1, -0.05) is 18.2 Å². The fourth-order valence-electron chi connectivity index (χ4n) is 2.09. The maximum Gasteiger partial charge on any atom is 0.338 e. The number of hydrogen-bond donors (Lipinski definition) is 2. The predicted molar refractivity (Wildman–Crippen MR) is 65.8 cm³/mol. The molecule has 3 N–H and O–H groups in total. The third-order valence-electron chi connectivity index (χ3n) is 3.01. The number of primary amides is 1. The van der Waals surface area contributed by atoms with Gasteiger partial charge in [0.25, 0.3) is 0 Å². The number of nitrogens with two attached hydrogens (primary N) is 1. The smallest absolute Gasteiger partial charge is 0.338 e. The number of benzene rings is 1. The van der Waals surface area contributed by atoms with Crippen LogP contribution >= 0.6 is 0 Å². The van der Waals surface area contributed by atoms with Crippen LogP contribution in [0.5, 0.6) is 0 Å². The molecule has 96 valence electrons. The molecule has 2 rings (SSSR count). The predicted octanol–water partition coefficient (Wildman–Crippen LogP) is 0.307. The summed E-state index contributed by atoms with van der Waals surface area (Å²) in [5, 5.41) is 3.10. The van der Waals surface area contributed by atoms with Crippen LogP contribution in [-0.4, -0.2) is 31.1 Å². The molecule has 0 bridgehead atoms. The molecule has 5 heteroatoms. The summed E-state index contributed by atoms with van der Waals surface area (Å²) >= 11 is 0. The number of amides is 1. The Labute approximate surface area is 105 Å². The Morgan fingerprint density at radius 2 is 2.00 bits per heavy atom. The minimum Gasteiger partial charge on any atom is -0.457 e. The molecular weight excluding hydrogens is 232 g/mol. The normalized spacial score (nSPS) is 22.7. The summed E-state index contributed by atoms with van der Waals surface area (Å²) in [6.45, 7) is 1.21. The molecule has 0 radical (unpaired) electrons. The summed E-state index contributed by atoms with van der Waals surface area (Å²) < 4.78 is 5.40. The summed E-state index contributed by atoms with van der Waals surface area (Å²) in [7, 11) is 0. The summed E-state index contributed by atoms with van der Waals surface area (Å²) in [5.41, 5.74) is 5.69. The molecule has 1 aliphatic heterocycles. The van der Waals surface area contributed by atoms with Gasteiger partial charge in [0.15, 0.2) is 0 Å². The first-order valence-electron chi connectivity index (χ1n) is 5.92. The van der Waals surface area contributed by atoms with Crippen molar-refractivity contribution in [2.24, 2.45) is 11.7 Å². The molecule has 0 unspecified atom stereocenters. The molecule has 0 spiro atoms. The quantitative estimate of drug-likeness (QED) is 0.751. The maximum atomic E-state index is 11.9. The second-order valence-electron chi connectivity index (χ2n) is 4.40. The Balaban J connectivity index is 1.96. The van der Waals surface area contributed by atoms with E-state index >= 15 is 0 Å². The van der Waals surface area contributed by atoms with Gasteiger partial charge in [-0.3, -0.25) is 4.79 Å². The van der Waals surface area contributed by atoms with Gasteiger partial charge in [-0.05, 0) is 12.1 Å². The summed E-state index contributed by atoms with van der Waals surface area (Å²) in [5.74, 6) is -0.765. The van der Waals surface area contributed by atoms with Crippen LogP contribution in [0.1, 0.15) is 16.8 Å². The van der Waals surface area contributed by atoms with Crippen molar-refractivity contribution in [3.63, 3.8) is 0 Å². The molecule has 1 fully saturated rings. The Kier molecular flexibility index (Phi) is 3.94. The highest BCUT2D eigenvalue weighted by molar-refractivity contribution is 5.89. The highest BCUT2D eigenvalue weighted by atomic mass is 16.5. The number of carbonyl (C=O) groups excluding carboxylic acids is 2. The molecular formula is C13H16N2O3. The van der Waals surface area contributed by atoms with Gasteiger partial charge in [-0.15, -0.1) is 0 Å². The van der Waals surface area contributed by atoms with Gasteiger partial charge in [0.2, 0.25) is 5.91 Å². The van der Waals surface area contributed by atoms with Crippen LogP contribution in [0.25, 0.3) is 0 Å². The average molecular weight is 248 g/mol. The molecule has 1 aromatic rings. The zero-order chi connectivity index (χ0) is 13.0. The minimum atomic E-state index is -0.371. The van der Waals surface area contributed by atoms with E-state index < -0.39 is 0 Å². The van der Waals surface area contributed by atoms with E-state index in [1.807, 2.05) is 6.07 Å². The Morgan fingerprint density at radius 3 is 2.67 bits per heavy atom. The molecule has 0 aliphatic carbocycles. The van der Waals surface area contributed by atoms with E-state index in [0.29, 0.717) is 18.7 Å². The van der Waals surface area contributed by atoms with Crippen LogP contribution in [0.15, 0.2) is 30.3 Å². The van der Waals surface area contributed by atoms with Gasteiger partial charge in [0.1, 0.15) is 6.10 Å². The highest BCUT2D eigenvalue weighted by Crippen LogP contribution is 2.18.